The number of rotatable bonds is 12. The van der Waals surface area contributed by atoms with Crippen LogP contribution in [0.1, 0.15) is 66.0 Å². The summed E-state index contributed by atoms with van der Waals surface area (Å²) in [6.45, 7) is 4.17. The molecule has 2 fully saturated rings. The fourth-order valence-electron chi connectivity index (χ4n) is 5.33. The van der Waals surface area contributed by atoms with Gasteiger partial charge in [0.05, 0.1) is 41.0 Å². The van der Waals surface area contributed by atoms with Gasteiger partial charge in [0.15, 0.2) is 6.29 Å². The summed E-state index contributed by atoms with van der Waals surface area (Å²) in [4.78, 5) is 20.5. The van der Waals surface area contributed by atoms with E-state index in [4.69, 9.17) is 16.3 Å². The van der Waals surface area contributed by atoms with Crippen molar-refractivity contribution in [2.24, 2.45) is 11.3 Å². The molecule has 2 heterocycles. The van der Waals surface area contributed by atoms with Crippen molar-refractivity contribution in [3.8, 4) is 6.07 Å². The summed E-state index contributed by atoms with van der Waals surface area (Å²) in [5.41, 5.74) is -0.779. The second-order valence-corrected chi connectivity index (χ2v) is 11.4. The van der Waals surface area contributed by atoms with Crippen molar-refractivity contribution >= 4 is 17.9 Å². The lowest BCUT2D eigenvalue weighted by atomic mass is 9.76. The third-order valence-corrected chi connectivity index (χ3v) is 8.35. The van der Waals surface area contributed by atoms with Crippen molar-refractivity contribution < 1.29 is 24.1 Å². The highest BCUT2D eigenvalue weighted by Gasteiger charge is 2.45. The number of carbonyl (C=O) groups is 1. The maximum atomic E-state index is 16.0. The number of likely N-dealkylation sites (tertiary alicyclic amines) is 1. The molecule has 1 saturated carbocycles. The van der Waals surface area contributed by atoms with Crippen LogP contribution in [-0.2, 0) is 16.9 Å². The number of nitrogens with zero attached hydrogens (tertiary/aromatic N) is 4. The number of aromatic nitrogens is 1. The molecule has 8 nitrogen and oxygen atoms in total. The number of ether oxygens (including phenoxy) is 1. The van der Waals surface area contributed by atoms with E-state index in [1.54, 1.807) is 37.1 Å². The zero-order valence-electron chi connectivity index (χ0n) is 22.4. The van der Waals surface area contributed by atoms with E-state index in [1.807, 2.05) is 0 Å². The number of halogens is 2. The van der Waals surface area contributed by atoms with Gasteiger partial charge >= 0.3 is 0 Å². The van der Waals surface area contributed by atoms with Crippen molar-refractivity contribution in [3.05, 3.63) is 63.7 Å². The lowest BCUT2D eigenvalue weighted by Gasteiger charge is -2.40. The Morgan fingerprint density at radius 3 is 2.67 bits per heavy atom. The molecular formula is C29H36ClFN4O4. The molecule has 2 aliphatic rings. The highest BCUT2D eigenvalue weighted by atomic mass is 35.5. The van der Waals surface area contributed by atoms with Crippen LogP contribution in [-0.4, -0.2) is 71.2 Å². The average molecular weight is 559 g/mol. The Labute approximate surface area is 234 Å². The van der Waals surface area contributed by atoms with E-state index in [1.165, 1.54) is 12.3 Å². The minimum absolute atomic E-state index is 0.0625. The van der Waals surface area contributed by atoms with Crippen LogP contribution in [0.5, 0.6) is 0 Å². The first kappa shape index (κ1) is 29.5. The van der Waals surface area contributed by atoms with Crippen LogP contribution in [0.15, 0.2) is 30.5 Å². The molecular weight excluding hydrogens is 523 g/mol. The molecule has 1 aromatic carbocycles. The number of pyridine rings is 1. The van der Waals surface area contributed by atoms with Crippen molar-refractivity contribution in [2.75, 3.05) is 39.9 Å². The molecule has 0 amide bonds. The predicted octanol–water partition coefficient (Wildman–Crippen LogP) is 4.05. The third-order valence-electron chi connectivity index (χ3n) is 8.13. The number of aldehydes is 1. The van der Waals surface area contributed by atoms with Crippen molar-refractivity contribution in [1.82, 2.24) is 14.8 Å². The average Bonchev–Trinajstić information content (AvgIpc) is 3.71. The third kappa shape index (κ3) is 6.83. The summed E-state index contributed by atoms with van der Waals surface area (Å²) < 4.78 is 22.1. The Kier molecular flexibility index (Phi) is 9.37. The van der Waals surface area contributed by atoms with Crippen LogP contribution in [0, 0.1) is 28.5 Å². The number of piperidine rings is 1. The first-order valence-corrected chi connectivity index (χ1v) is 13.7. The molecule has 2 atom stereocenters. The number of hydrogen-bond donors (Lipinski definition) is 2. The van der Waals surface area contributed by atoms with Gasteiger partial charge in [-0.15, -0.1) is 0 Å². The van der Waals surface area contributed by atoms with E-state index in [-0.39, 0.29) is 36.8 Å². The molecule has 0 radical (unpaired) electrons. The van der Waals surface area contributed by atoms with E-state index >= 15 is 4.39 Å². The number of aliphatic hydroxyl groups excluding tert-OH is 1. The number of β-amino-alcohol motifs (C(OH)–C–C–N with tert-alkyl or cyclic N) is 1. The fraction of sp³-hybridized carbons (Fsp3) is 0.552. The van der Waals surface area contributed by atoms with Gasteiger partial charge in [-0.25, -0.2) is 4.39 Å². The standard InChI is InChI=1S/C29H36ClFN4O4/c1-28(38,21-5-9-35(10-6-21)11-12-36)22-13-20(17-37)26(25(31)14-22)27(39-19-29(18-32)7-8-29)34(2)16-24-4-3-23(30)15-33-24/h3-4,13-15,17,21,27,36,38H,5-12,16,19H2,1-2H3/t27-,28?/m1/s1. The summed E-state index contributed by atoms with van der Waals surface area (Å²) in [6, 6.07) is 8.61. The second kappa shape index (κ2) is 12.4. The minimum Gasteiger partial charge on any atom is -0.395 e. The Bertz CT molecular complexity index is 1190. The van der Waals surface area contributed by atoms with Gasteiger partial charge in [0.2, 0.25) is 0 Å². The first-order chi connectivity index (χ1) is 18.6. The molecule has 2 N–H and O–H groups in total. The van der Waals surface area contributed by atoms with E-state index in [0.29, 0.717) is 54.8 Å². The monoisotopic (exact) mass is 558 g/mol. The highest BCUT2D eigenvalue weighted by molar-refractivity contribution is 6.30. The summed E-state index contributed by atoms with van der Waals surface area (Å²) in [7, 11) is 1.74. The maximum Gasteiger partial charge on any atom is 0.150 e. The molecule has 10 heteroatoms. The molecule has 1 aliphatic heterocycles. The first-order valence-electron chi connectivity index (χ1n) is 13.3. The van der Waals surface area contributed by atoms with Gasteiger partial charge in [-0.1, -0.05) is 11.6 Å². The van der Waals surface area contributed by atoms with E-state index in [0.717, 1.165) is 13.1 Å². The molecule has 39 heavy (non-hydrogen) atoms. The SMILES string of the molecule is CN(Cc1ccc(Cl)cn1)[C@H](OCC1(C#N)CC1)c1c(F)cc(C(C)(O)C2CCN(CCO)CC2)cc1C=O. The van der Waals surface area contributed by atoms with Crippen LogP contribution in [0.3, 0.4) is 0 Å². The van der Waals surface area contributed by atoms with Crippen LogP contribution in [0.4, 0.5) is 4.39 Å². The lowest BCUT2D eigenvalue weighted by Crippen LogP contribution is -2.43. The van der Waals surface area contributed by atoms with Gasteiger partial charge in [-0.2, -0.15) is 5.26 Å². The second-order valence-electron chi connectivity index (χ2n) is 11.0. The predicted molar refractivity (Wildman–Crippen MR) is 144 cm³/mol. The van der Waals surface area contributed by atoms with Gasteiger partial charge < -0.3 is 19.8 Å². The van der Waals surface area contributed by atoms with Crippen LogP contribution >= 0.6 is 11.6 Å². The normalized spacial score (nSPS) is 19.8. The van der Waals surface area contributed by atoms with Gasteiger partial charge in [0.25, 0.3) is 0 Å². The van der Waals surface area contributed by atoms with E-state index in [9.17, 15) is 20.3 Å². The molecule has 4 rings (SSSR count). The summed E-state index contributed by atoms with van der Waals surface area (Å²) >= 11 is 5.97. The van der Waals surface area contributed by atoms with E-state index in [2.05, 4.69) is 16.0 Å². The van der Waals surface area contributed by atoms with Crippen molar-refractivity contribution in [2.45, 2.75) is 51.0 Å². The Balaban J connectivity index is 1.63. The summed E-state index contributed by atoms with van der Waals surface area (Å²) in [6.07, 6.45) is 3.94. The topological polar surface area (TPSA) is 110 Å². The quantitative estimate of drug-likeness (QED) is 0.297. The highest BCUT2D eigenvalue weighted by Crippen LogP contribution is 2.46. The number of aliphatic hydroxyl groups is 2. The van der Waals surface area contributed by atoms with Crippen molar-refractivity contribution in [1.29, 1.82) is 5.26 Å². The number of nitriles is 1. The van der Waals surface area contributed by atoms with Crippen LogP contribution < -0.4 is 0 Å². The zero-order valence-corrected chi connectivity index (χ0v) is 23.2. The number of hydrogen-bond acceptors (Lipinski definition) is 8. The zero-order chi connectivity index (χ0) is 28.2. The molecule has 1 aliphatic carbocycles. The van der Waals surface area contributed by atoms with Crippen LogP contribution in [0.2, 0.25) is 5.02 Å². The van der Waals surface area contributed by atoms with Gasteiger partial charge in [-0.05, 0) is 88.5 Å². The molecule has 1 unspecified atom stereocenters. The fourth-order valence-corrected chi connectivity index (χ4v) is 5.44. The van der Waals surface area contributed by atoms with E-state index < -0.39 is 23.1 Å². The van der Waals surface area contributed by atoms with Gasteiger partial charge in [0.1, 0.15) is 12.0 Å². The molecule has 210 valence electrons. The lowest BCUT2D eigenvalue weighted by molar-refractivity contribution is -0.0682. The molecule has 1 aromatic heterocycles. The smallest absolute Gasteiger partial charge is 0.150 e. The molecule has 0 spiro atoms. The Morgan fingerprint density at radius 1 is 1.38 bits per heavy atom. The number of carbonyl (C=O) groups excluding carboxylic acids is 1. The van der Waals surface area contributed by atoms with Crippen LogP contribution in [0.25, 0.3) is 0 Å². The Morgan fingerprint density at radius 2 is 2.10 bits per heavy atom. The molecule has 2 aromatic rings. The van der Waals surface area contributed by atoms with Gasteiger partial charge in [0, 0.05) is 30.4 Å². The number of benzene rings is 1. The summed E-state index contributed by atoms with van der Waals surface area (Å²) in [5.74, 6) is -0.788. The minimum atomic E-state index is -1.35. The van der Waals surface area contributed by atoms with Gasteiger partial charge in [-0.3, -0.25) is 14.7 Å². The van der Waals surface area contributed by atoms with Crippen molar-refractivity contribution in [3.63, 3.8) is 0 Å². The maximum absolute atomic E-state index is 16.0. The summed E-state index contributed by atoms with van der Waals surface area (Å²) in [5, 5.41) is 30.8. The largest absolute Gasteiger partial charge is 0.395 e. The molecule has 1 saturated heterocycles. The molecule has 0 bridgehead atoms. The Hall–Kier alpha value is -2.45.